The zero-order chi connectivity index (χ0) is 7.23. The Balaban J connectivity index is 2.15. The molecule has 10 heavy (non-hydrogen) atoms. The molecular weight excluding hydrogens is 130 g/mol. The molecule has 1 rings (SSSR count). The molecule has 0 unspecified atom stereocenters. The minimum absolute atomic E-state index is 0.695. The zero-order valence-electron chi connectivity index (χ0n) is 6.00. The van der Waals surface area contributed by atoms with Crippen LogP contribution in [0.15, 0.2) is 10.9 Å². The van der Waals surface area contributed by atoms with Crippen LogP contribution in [0.4, 0.5) is 0 Å². The average molecular weight is 141 g/mol. The van der Waals surface area contributed by atoms with E-state index < -0.39 is 0 Å². The highest BCUT2D eigenvalue weighted by atomic mass is 16.5. The van der Waals surface area contributed by atoms with Crippen molar-refractivity contribution in [3.63, 3.8) is 0 Å². The molecular formula is C6H11N3O. The molecule has 0 atom stereocenters. The fourth-order valence-electron chi connectivity index (χ4n) is 0.678. The van der Waals surface area contributed by atoms with E-state index in [1.807, 2.05) is 0 Å². The Labute approximate surface area is 59.6 Å². The van der Waals surface area contributed by atoms with Crippen LogP contribution in [-0.2, 0) is 6.42 Å². The molecule has 1 aromatic heterocycles. The van der Waals surface area contributed by atoms with Gasteiger partial charge in [0, 0.05) is 13.0 Å². The van der Waals surface area contributed by atoms with E-state index >= 15 is 0 Å². The van der Waals surface area contributed by atoms with Crippen LogP contribution in [0, 0.1) is 0 Å². The van der Waals surface area contributed by atoms with Crippen LogP contribution in [0.3, 0.4) is 0 Å². The van der Waals surface area contributed by atoms with Crippen LogP contribution in [0.5, 0.6) is 0 Å². The SMILES string of the molecule is CCNCCc1ncno1. The van der Waals surface area contributed by atoms with Crippen molar-refractivity contribution in [3.05, 3.63) is 12.2 Å². The van der Waals surface area contributed by atoms with Crippen LogP contribution in [0.25, 0.3) is 0 Å². The number of nitrogens with one attached hydrogen (secondary N) is 1. The van der Waals surface area contributed by atoms with Gasteiger partial charge in [0.2, 0.25) is 5.89 Å². The second-order valence-electron chi connectivity index (χ2n) is 1.94. The Kier molecular flexibility index (Phi) is 2.89. The summed E-state index contributed by atoms with van der Waals surface area (Å²) in [6.45, 7) is 3.95. The molecule has 0 aliphatic rings. The van der Waals surface area contributed by atoms with Gasteiger partial charge in [0.15, 0.2) is 6.33 Å². The summed E-state index contributed by atoms with van der Waals surface area (Å²) in [5.74, 6) is 0.695. The first-order chi connectivity index (χ1) is 4.93. The molecule has 0 aliphatic carbocycles. The molecule has 0 spiro atoms. The lowest BCUT2D eigenvalue weighted by atomic mass is 10.4. The molecule has 0 saturated heterocycles. The summed E-state index contributed by atoms with van der Waals surface area (Å²) in [7, 11) is 0. The van der Waals surface area contributed by atoms with Crippen LogP contribution in [0.1, 0.15) is 12.8 Å². The number of likely N-dealkylation sites (N-methyl/N-ethyl adjacent to an activating group) is 1. The van der Waals surface area contributed by atoms with E-state index in [1.165, 1.54) is 6.33 Å². The van der Waals surface area contributed by atoms with Crippen molar-refractivity contribution in [2.45, 2.75) is 13.3 Å². The van der Waals surface area contributed by atoms with E-state index in [4.69, 9.17) is 4.52 Å². The maximum Gasteiger partial charge on any atom is 0.227 e. The summed E-state index contributed by atoms with van der Waals surface area (Å²) in [5, 5.41) is 6.65. The summed E-state index contributed by atoms with van der Waals surface area (Å²) in [5.41, 5.74) is 0. The normalized spacial score (nSPS) is 10.1. The van der Waals surface area contributed by atoms with Crippen LogP contribution < -0.4 is 5.32 Å². The van der Waals surface area contributed by atoms with Gasteiger partial charge in [0.05, 0.1) is 0 Å². The number of aromatic nitrogens is 2. The zero-order valence-corrected chi connectivity index (χ0v) is 6.00. The van der Waals surface area contributed by atoms with Gasteiger partial charge < -0.3 is 9.84 Å². The van der Waals surface area contributed by atoms with Crippen LogP contribution >= 0.6 is 0 Å². The number of hydrogen-bond donors (Lipinski definition) is 1. The molecule has 4 nitrogen and oxygen atoms in total. The van der Waals surface area contributed by atoms with E-state index in [1.54, 1.807) is 0 Å². The topological polar surface area (TPSA) is 51.0 Å². The molecule has 0 radical (unpaired) electrons. The van der Waals surface area contributed by atoms with Gasteiger partial charge in [-0.1, -0.05) is 12.1 Å². The van der Waals surface area contributed by atoms with Crippen molar-refractivity contribution in [3.8, 4) is 0 Å². The lowest BCUT2D eigenvalue weighted by molar-refractivity contribution is 0.375. The smallest absolute Gasteiger partial charge is 0.227 e. The lowest BCUT2D eigenvalue weighted by Crippen LogP contribution is -2.16. The van der Waals surface area contributed by atoms with Crippen molar-refractivity contribution >= 4 is 0 Å². The second kappa shape index (κ2) is 4.00. The Bertz CT molecular complexity index is 162. The molecule has 1 N–H and O–H groups in total. The average Bonchev–Trinajstić information content (AvgIpc) is 2.41. The molecule has 1 heterocycles. The Morgan fingerprint density at radius 2 is 2.60 bits per heavy atom. The molecule has 0 fully saturated rings. The molecule has 1 aromatic rings. The van der Waals surface area contributed by atoms with Gasteiger partial charge in [-0.05, 0) is 6.54 Å². The quantitative estimate of drug-likeness (QED) is 0.609. The highest BCUT2D eigenvalue weighted by Gasteiger charge is 1.95. The van der Waals surface area contributed by atoms with Gasteiger partial charge in [-0.25, -0.2) is 0 Å². The predicted octanol–water partition coefficient (Wildman–Crippen LogP) is 0.222. The standard InChI is InChI=1S/C6H11N3O/c1-2-7-4-3-6-8-5-9-10-6/h5,7H,2-4H2,1H3. The summed E-state index contributed by atoms with van der Waals surface area (Å²) in [6.07, 6.45) is 2.23. The Morgan fingerprint density at radius 1 is 1.70 bits per heavy atom. The molecule has 0 aliphatic heterocycles. The number of hydrogen-bond acceptors (Lipinski definition) is 4. The third kappa shape index (κ3) is 2.14. The van der Waals surface area contributed by atoms with Crippen molar-refractivity contribution in [2.75, 3.05) is 13.1 Å². The van der Waals surface area contributed by atoms with Crippen LogP contribution in [0.2, 0.25) is 0 Å². The van der Waals surface area contributed by atoms with Crippen molar-refractivity contribution in [1.82, 2.24) is 15.5 Å². The van der Waals surface area contributed by atoms with E-state index in [0.717, 1.165) is 19.5 Å². The van der Waals surface area contributed by atoms with Crippen LogP contribution in [-0.4, -0.2) is 23.2 Å². The molecule has 56 valence electrons. The van der Waals surface area contributed by atoms with E-state index in [9.17, 15) is 0 Å². The van der Waals surface area contributed by atoms with E-state index in [0.29, 0.717) is 5.89 Å². The first-order valence-electron chi connectivity index (χ1n) is 3.39. The third-order valence-electron chi connectivity index (χ3n) is 1.17. The first kappa shape index (κ1) is 7.21. The van der Waals surface area contributed by atoms with Crippen molar-refractivity contribution in [1.29, 1.82) is 0 Å². The van der Waals surface area contributed by atoms with Crippen molar-refractivity contribution < 1.29 is 4.52 Å². The molecule has 0 amide bonds. The summed E-state index contributed by atoms with van der Waals surface area (Å²) in [6, 6.07) is 0. The van der Waals surface area contributed by atoms with Gasteiger partial charge in [-0.15, -0.1) is 0 Å². The van der Waals surface area contributed by atoms with Gasteiger partial charge >= 0.3 is 0 Å². The highest BCUT2D eigenvalue weighted by molar-refractivity contribution is 4.74. The fraction of sp³-hybridized carbons (Fsp3) is 0.667. The summed E-state index contributed by atoms with van der Waals surface area (Å²) in [4.78, 5) is 3.87. The second-order valence-corrected chi connectivity index (χ2v) is 1.94. The minimum atomic E-state index is 0.695. The van der Waals surface area contributed by atoms with Crippen molar-refractivity contribution in [2.24, 2.45) is 0 Å². The molecule has 0 saturated carbocycles. The fourth-order valence-corrected chi connectivity index (χ4v) is 0.678. The summed E-state index contributed by atoms with van der Waals surface area (Å²) >= 11 is 0. The number of nitrogens with zero attached hydrogens (tertiary/aromatic N) is 2. The van der Waals surface area contributed by atoms with Gasteiger partial charge in [0.25, 0.3) is 0 Å². The summed E-state index contributed by atoms with van der Waals surface area (Å²) < 4.78 is 4.78. The maximum atomic E-state index is 4.78. The predicted molar refractivity (Wildman–Crippen MR) is 36.5 cm³/mol. The maximum absolute atomic E-state index is 4.78. The number of rotatable bonds is 4. The van der Waals surface area contributed by atoms with E-state index in [-0.39, 0.29) is 0 Å². The molecule has 0 aromatic carbocycles. The monoisotopic (exact) mass is 141 g/mol. The lowest BCUT2D eigenvalue weighted by Gasteiger charge is -1.94. The largest absolute Gasteiger partial charge is 0.340 e. The third-order valence-corrected chi connectivity index (χ3v) is 1.17. The Hall–Kier alpha value is -0.900. The minimum Gasteiger partial charge on any atom is -0.340 e. The van der Waals surface area contributed by atoms with Gasteiger partial charge in [-0.2, -0.15) is 4.98 Å². The van der Waals surface area contributed by atoms with Gasteiger partial charge in [-0.3, -0.25) is 0 Å². The highest BCUT2D eigenvalue weighted by Crippen LogP contribution is 1.89. The molecule has 4 heteroatoms. The van der Waals surface area contributed by atoms with Gasteiger partial charge in [0.1, 0.15) is 0 Å². The van der Waals surface area contributed by atoms with E-state index in [2.05, 4.69) is 22.4 Å². The first-order valence-corrected chi connectivity index (χ1v) is 3.39. The Morgan fingerprint density at radius 3 is 3.20 bits per heavy atom. The molecule has 0 bridgehead atoms.